The summed E-state index contributed by atoms with van der Waals surface area (Å²) in [7, 11) is 0. The van der Waals surface area contributed by atoms with E-state index in [-0.39, 0.29) is 0 Å². The van der Waals surface area contributed by atoms with Gasteiger partial charge in [0.25, 0.3) is 0 Å². The van der Waals surface area contributed by atoms with Gasteiger partial charge >= 0.3 is 6.18 Å². The lowest BCUT2D eigenvalue weighted by molar-refractivity contribution is -0.137. The number of rotatable bonds is 2. The number of hydrogen-bond acceptors (Lipinski definition) is 1. The average molecular weight is 252 g/mol. The molecule has 0 fully saturated rings. The van der Waals surface area contributed by atoms with Crippen molar-refractivity contribution in [2.45, 2.75) is 13.1 Å². The third kappa shape index (κ3) is 2.30. The van der Waals surface area contributed by atoms with Crippen molar-refractivity contribution in [3.05, 3.63) is 48.3 Å². The maximum absolute atomic E-state index is 12.4. The molecule has 0 amide bonds. The minimum atomic E-state index is -4.31. The number of alkyl halides is 3. The zero-order valence-corrected chi connectivity index (χ0v) is 9.67. The largest absolute Gasteiger partial charge is 0.416 e. The highest BCUT2D eigenvalue weighted by molar-refractivity contribution is 5.77. The summed E-state index contributed by atoms with van der Waals surface area (Å²) in [5.74, 6) is 0. The average Bonchev–Trinajstić information content (AvgIpc) is 2.77. The lowest BCUT2D eigenvalue weighted by atomic mass is 10.0. The predicted octanol–water partition coefficient (Wildman–Crippen LogP) is 4.13. The molecule has 0 aliphatic heterocycles. The van der Waals surface area contributed by atoms with Crippen LogP contribution in [0.3, 0.4) is 0 Å². The zero-order chi connectivity index (χ0) is 13.3. The Labute approximate surface area is 102 Å². The molecular formula is C13H11F3N2. The molecule has 2 aromatic rings. The summed E-state index contributed by atoms with van der Waals surface area (Å²) in [4.78, 5) is 0. The van der Waals surface area contributed by atoms with Gasteiger partial charge in [-0.1, -0.05) is 18.7 Å². The van der Waals surface area contributed by atoms with E-state index in [0.717, 1.165) is 29.0 Å². The zero-order valence-electron chi connectivity index (χ0n) is 9.67. The molecule has 1 heterocycles. The van der Waals surface area contributed by atoms with Gasteiger partial charge in [0.15, 0.2) is 0 Å². The van der Waals surface area contributed by atoms with Gasteiger partial charge in [-0.15, -0.1) is 0 Å². The number of aromatic nitrogens is 2. The minimum absolute atomic E-state index is 0.661. The van der Waals surface area contributed by atoms with Crippen LogP contribution in [0.5, 0.6) is 0 Å². The summed E-state index contributed by atoms with van der Waals surface area (Å²) in [5, 5.41) is 6.66. The van der Waals surface area contributed by atoms with Gasteiger partial charge in [0, 0.05) is 5.56 Å². The molecule has 2 rings (SSSR count). The first kappa shape index (κ1) is 12.4. The number of halogens is 3. The number of nitrogens with one attached hydrogen (secondary N) is 1. The fraction of sp³-hybridized carbons (Fsp3) is 0.154. The Bertz CT molecular complexity index is 565. The summed E-state index contributed by atoms with van der Waals surface area (Å²) < 4.78 is 37.3. The van der Waals surface area contributed by atoms with E-state index >= 15 is 0 Å². The van der Waals surface area contributed by atoms with Crippen LogP contribution < -0.4 is 0 Å². The Hall–Kier alpha value is -2.04. The highest BCUT2D eigenvalue weighted by Gasteiger charge is 2.30. The number of hydrogen-bond donors (Lipinski definition) is 1. The molecule has 18 heavy (non-hydrogen) atoms. The highest BCUT2D eigenvalue weighted by atomic mass is 19.4. The Morgan fingerprint density at radius 2 is 1.83 bits per heavy atom. The standard InChI is InChI=1S/C13H11F3N2/c1-8(2)12-11(7-17-18-12)9-3-5-10(6-4-9)13(14,15)16/h3-7H,1H2,2H3,(H,17,18). The van der Waals surface area contributed by atoms with Crippen LogP contribution in [0.2, 0.25) is 0 Å². The maximum Gasteiger partial charge on any atom is 0.416 e. The molecule has 1 aromatic carbocycles. The van der Waals surface area contributed by atoms with E-state index in [1.54, 1.807) is 13.1 Å². The second-order valence-corrected chi connectivity index (χ2v) is 4.01. The monoisotopic (exact) mass is 252 g/mol. The Kier molecular flexibility index (Phi) is 2.98. The minimum Gasteiger partial charge on any atom is -0.278 e. The fourth-order valence-electron chi connectivity index (χ4n) is 1.67. The number of aromatic amines is 1. The van der Waals surface area contributed by atoms with E-state index < -0.39 is 11.7 Å². The van der Waals surface area contributed by atoms with Gasteiger partial charge in [0.2, 0.25) is 0 Å². The molecule has 0 aliphatic carbocycles. The van der Waals surface area contributed by atoms with Crippen LogP contribution in [-0.4, -0.2) is 10.2 Å². The number of benzene rings is 1. The quantitative estimate of drug-likeness (QED) is 0.855. The smallest absolute Gasteiger partial charge is 0.278 e. The summed E-state index contributed by atoms with van der Waals surface area (Å²) in [6.07, 6.45) is -2.74. The molecule has 0 aliphatic rings. The van der Waals surface area contributed by atoms with Crippen molar-refractivity contribution in [3.63, 3.8) is 0 Å². The Balaban J connectivity index is 2.41. The van der Waals surface area contributed by atoms with Gasteiger partial charge in [-0.05, 0) is 30.2 Å². The van der Waals surface area contributed by atoms with Gasteiger partial charge in [0.05, 0.1) is 17.5 Å². The highest BCUT2D eigenvalue weighted by Crippen LogP contribution is 2.32. The molecule has 0 saturated carbocycles. The third-order valence-electron chi connectivity index (χ3n) is 2.59. The molecule has 0 atom stereocenters. The summed E-state index contributed by atoms with van der Waals surface area (Å²) in [6, 6.07) is 4.98. The van der Waals surface area contributed by atoms with Gasteiger partial charge in [0.1, 0.15) is 0 Å². The first-order valence-corrected chi connectivity index (χ1v) is 5.26. The number of H-pyrrole nitrogens is 1. The molecule has 0 spiro atoms. The first-order valence-electron chi connectivity index (χ1n) is 5.26. The third-order valence-corrected chi connectivity index (χ3v) is 2.59. The molecule has 5 heteroatoms. The molecule has 1 aromatic heterocycles. The van der Waals surface area contributed by atoms with E-state index in [4.69, 9.17) is 0 Å². The fourth-order valence-corrected chi connectivity index (χ4v) is 1.67. The van der Waals surface area contributed by atoms with Gasteiger partial charge in [-0.3, -0.25) is 5.10 Å². The van der Waals surface area contributed by atoms with E-state index in [1.165, 1.54) is 12.1 Å². The summed E-state index contributed by atoms with van der Waals surface area (Å²) in [5.41, 5.74) is 2.27. The molecule has 0 bridgehead atoms. The lowest BCUT2D eigenvalue weighted by Crippen LogP contribution is -2.04. The number of allylic oxidation sites excluding steroid dienone is 1. The molecule has 94 valence electrons. The van der Waals surface area contributed by atoms with Crippen molar-refractivity contribution >= 4 is 5.57 Å². The van der Waals surface area contributed by atoms with Crippen molar-refractivity contribution in [1.82, 2.24) is 10.2 Å². The molecular weight excluding hydrogens is 241 g/mol. The van der Waals surface area contributed by atoms with Gasteiger partial charge in [-0.25, -0.2) is 0 Å². The van der Waals surface area contributed by atoms with Gasteiger partial charge in [-0.2, -0.15) is 18.3 Å². The van der Waals surface area contributed by atoms with E-state index in [9.17, 15) is 13.2 Å². The lowest BCUT2D eigenvalue weighted by Gasteiger charge is -2.07. The van der Waals surface area contributed by atoms with Crippen molar-refractivity contribution in [2.24, 2.45) is 0 Å². The molecule has 0 radical (unpaired) electrons. The first-order chi connectivity index (χ1) is 8.39. The molecule has 1 N–H and O–H groups in total. The van der Waals surface area contributed by atoms with Crippen molar-refractivity contribution in [3.8, 4) is 11.1 Å². The Morgan fingerprint density at radius 3 is 2.33 bits per heavy atom. The van der Waals surface area contributed by atoms with E-state index in [2.05, 4.69) is 16.8 Å². The Morgan fingerprint density at radius 1 is 1.22 bits per heavy atom. The van der Waals surface area contributed by atoms with Crippen LogP contribution in [-0.2, 0) is 6.18 Å². The van der Waals surface area contributed by atoms with Crippen LogP contribution in [0, 0.1) is 0 Å². The second kappa shape index (κ2) is 4.33. The van der Waals surface area contributed by atoms with Crippen LogP contribution >= 0.6 is 0 Å². The second-order valence-electron chi connectivity index (χ2n) is 4.01. The topological polar surface area (TPSA) is 28.7 Å². The van der Waals surface area contributed by atoms with Crippen molar-refractivity contribution < 1.29 is 13.2 Å². The molecule has 0 saturated heterocycles. The van der Waals surface area contributed by atoms with E-state index in [0.29, 0.717) is 5.56 Å². The summed E-state index contributed by atoms with van der Waals surface area (Å²) in [6.45, 7) is 5.60. The van der Waals surface area contributed by atoms with Crippen LogP contribution in [0.1, 0.15) is 18.2 Å². The van der Waals surface area contributed by atoms with E-state index in [1.807, 2.05) is 0 Å². The molecule has 2 nitrogen and oxygen atoms in total. The predicted molar refractivity (Wildman–Crippen MR) is 63.7 cm³/mol. The maximum atomic E-state index is 12.4. The normalized spacial score (nSPS) is 11.6. The molecule has 0 unspecified atom stereocenters. The van der Waals surface area contributed by atoms with Crippen LogP contribution in [0.4, 0.5) is 13.2 Å². The van der Waals surface area contributed by atoms with Gasteiger partial charge < -0.3 is 0 Å². The summed E-state index contributed by atoms with van der Waals surface area (Å²) >= 11 is 0. The van der Waals surface area contributed by atoms with Crippen molar-refractivity contribution in [1.29, 1.82) is 0 Å². The van der Waals surface area contributed by atoms with Crippen molar-refractivity contribution in [2.75, 3.05) is 0 Å². The van der Waals surface area contributed by atoms with Crippen LogP contribution in [0.25, 0.3) is 16.7 Å². The number of nitrogens with zero attached hydrogens (tertiary/aromatic N) is 1. The SMILES string of the molecule is C=C(C)c1[nH]ncc1-c1ccc(C(F)(F)F)cc1. The van der Waals surface area contributed by atoms with Crippen LogP contribution in [0.15, 0.2) is 37.0 Å².